The number of benzene rings is 2. The average molecular weight is 431 g/mol. The van der Waals surface area contributed by atoms with Crippen LogP contribution in [0.1, 0.15) is 16.2 Å². The summed E-state index contributed by atoms with van der Waals surface area (Å²) in [6.07, 6.45) is 3.54. The molecule has 2 N–H and O–H groups in total. The predicted octanol–water partition coefficient (Wildman–Crippen LogP) is 3.21. The molecule has 3 rings (SSSR count). The van der Waals surface area contributed by atoms with Crippen molar-refractivity contribution in [3.63, 3.8) is 0 Å². The highest BCUT2D eigenvalue weighted by Gasteiger charge is 2.09. The molecule has 0 saturated heterocycles. The summed E-state index contributed by atoms with van der Waals surface area (Å²) in [5.41, 5.74) is 5.20. The number of aryl methyl sites for hydroxylation is 1. The minimum atomic E-state index is -0.412. The summed E-state index contributed by atoms with van der Waals surface area (Å²) in [4.78, 5) is 29.2. The van der Waals surface area contributed by atoms with E-state index in [4.69, 9.17) is 16.3 Å². The molecule has 7 nitrogen and oxygen atoms in total. The molecule has 0 unspecified atom stereocenters. The number of imidazole rings is 1. The van der Waals surface area contributed by atoms with Gasteiger partial charge in [0.15, 0.2) is 0 Å². The number of ether oxygens (including phenoxy) is 1. The SMILES string of the molecule is Cn1ccnc1COc1ccc(C(=O)NNC(=O)CSc2ccc(Cl)cc2)cc1. The summed E-state index contributed by atoms with van der Waals surface area (Å²) in [5, 5.41) is 0.638. The van der Waals surface area contributed by atoms with E-state index in [1.807, 2.05) is 29.9 Å². The molecule has 9 heteroatoms. The van der Waals surface area contributed by atoms with Crippen molar-refractivity contribution >= 4 is 35.2 Å². The molecule has 2 aromatic carbocycles. The highest BCUT2D eigenvalue weighted by Crippen LogP contribution is 2.19. The highest BCUT2D eigenvalue weighted by atomic mass is 35.5. The molecule has 0 aliphatic carbocycles. The molecule has 1 heterocycles. The van der Waals surface area contributed by atoms with Gasteiger partial charge in [0.1, 0.15) is 18.2 Å². The van der Waals surface area contributed by atoms with Gasteiger partial charge in [0.25, 0.3) is 5.91 Å². The first-order valence-corrected chi connectivity index (χ1v) is 10.0. The number of aromatic nitrogens is 2. The number of hydrazine groups is 1. The van der Waals surface area contributed by atoms with Crippen LogP contribution < -0.4 is 15.6 Å². The molecule has 0 spiro atoms. The van der Waals surface area contributed by atoms with Crippen molar-refractivity contribution in [1.29, 1.82) is 0 Å². The molecule has 0 bridgehead atoms. The second-order valence-corrected chi connectivity index (χ2v) is 7.50. The molecule has 150 valence electrons. The van der Waals surface area contributed by atoms with Gasteiger partial charge in [-0.15, -0.1) is 11.8 Å². The minimum absolute atomic E-state index is 0.169. The fourth-order valence-corrected chi connectivity index (χ4v) is 3.12. The molecule has 3 aromatic rings. The van der Waals surface area contributed by atoms with E-state index in [0.29, 0.717) is 22.9 Å². The summed E-state index contributed by atoms with van der Waals surface area (Å²) in [6, 6.07) is 13.8. The van der Waals surface area contributed by atoms with Gasteiger partial charge in [-0.2, -0.15) is 0 Å². The van der Waals surface area contributed by atoms with E-state index >= 15 is 0 Å². The third-order valence-corrected chi connectivity index (χ3v) is 5.17. The van der Waals surface area contributed by atoms with E-state index in [2.05, 4.69) is 15.8 Å². The third kappa shape index (κ3) is 6.27. The van der Waals surface area contributed by atoms with Gasteiger partial charge in [-0.1, -0.05) is 11.6 Å². The van der Waals surface area contributed by atoms with Crippen LogP contribution in [-0.2, 0) is 18.4 Å². The Morgan fingerprint density at radius 2 is 1.83 bits per heavy atom. The Morgan fingerprint density at radius 3 is 2.48 bits per heavy atom. The van der Waals surface area contributed by atoms with Gasteiger partial charge in [0.2, 0.25) is 5.91 Å². The van der Waals surface area contributed by atoms with Crippen LogP contribution in [0, 0.1) is 0 Å². The zero-order valence-corrected chi connectivity index (χ0v) is 17.2. The van der Waals surface area contributed by atoms with Crippen molar-refractivity contribution in [2.75, 3.05) is 5.75 Å². The van der Waals surface area contributed by atoms with Gasteiger partial charge in [0, 0.05) is 34.9 Å². The fourth-order valence-electron chi connectivity index (χ4n) is 2.30. The quantitative estimate of drug-likeness (QED) is 0.444. The monoisotopic (exact) mass is 430 g/mol. The largest absolute Gasteiger partial charge is 0.486 e. The van der Waals surface area contributed by atoms with Crippen molar-refractivity contribution in [3.05, 3.63) is 77.3 Å². The number of thioether (sulfide) groups is 1. The number of nitrogens with zero attached hydrogens (tertiary/aromatic N) is 2. The Balaban J connectivity index is 1.42. The number of halogens is 1. The maximum Gasteiger partial charge on any atom is 0.269 e. The van der Waals surface area contributed by atoms with Crippen LogP contribution in [0.5, 0.6) is 5.75 Å². The molecule has 0 radical (unpaired) electrons. The lowest BCUT2D eigenvalue weighted by atomic mass is 10.2. The molecule has 0 atom stereocenters. The number of carbonyl (C=O) groups is 2. The Hall–Kier alpha value is -2.97. The maximum atomic E-state index is 12.2. The van der Waals surface area contributed by atoms with Crippen LogP contribution >= 0.6 is 23.4 Å². The molecule has 0 saturated carbocycles. The summed E-state index contributed by atoms with van der Waals surface area (Å²) in [6.45, 7) is 0.330. The zero-order valence-electron chi connectivity index (χ0n) is 15.6. The van der Waals surface area contributed by atoms with Gasteiger partial charge in [-0.05, 0) is 48.5 Å². The summed E-state index contributed by atoms with van der Waals surface area (Å²) in [7, 11) is 1.89. The van der Waals surface area contributed by atoms with E-state index in [0.717, 1.165) is 10.7 Å². The van der Waals surface area contributed by atoms with Crippen LogP contribution in [0.2, 0.25) is 5.02 Å². The van der Waals surface area contributed by atoms with Crippen LogP contribution in [0.15, 0.2) is 65.8 Å². The van der Waals surface area contributed by atoms with Gasteiger partial charge in [-0.25, -0.2) is 4.98 Å². The maximum absolute atomic E-state index is 12.2. The molecule has 0 fully saturated rings. The first-order chi connectivity index (χ1) is 14.0. The molecule has 0 aliphatic rings. The van der Waals surface area contributed by atoms with Crippen molar-refractivity contribution in [3.8, 4) is 5.75 Å². The van der Waals surface area contributed by atoms with E-state index in [-0.39, 0.29) is 11.7 Å². The van der Waals surface area contributed by atoms with Crippen molar-refractivity contribution < 1.29 is 14.3 Å². The fraction of sp³-hybridized carbons (Fsp3) is 0.150. The Bertz CT molecular complexity index is 974. The first kappa shape index (κ1) is 20.8. The highest BCUT2D eigenvalue weighted by molar-refractivity contribution is 8.00. The molecule has 1 aromatic heterocycles. The number of carbonyl (C=O) groups excluding carboxylic acids is 2. The number of nitrogens with one attached hydrogen (secondary N) is 2. The van der Waals surface area contributed by atoms with E-state index in [1.165, 1.54) is 11.8 Å². The molecular weight excluding hydrogens is 412 g/mol. The smallest absolute Gasteiger partial charge is 0.269 e. The van der Waals surface area contributed by atoms with Crippen LogP contribution in [0.25, 0.3) is 0 Å². The van der Waals surface area contributed by atoms with Crippen LogP contribution in [0.3, 0.4) is 0 Å². The van der Waals surface area contributed by atoms with E-state index < -0.39 is 5.91 Å². The number of amides is 2. The molecule has 29 heavy (non-hydrogen) atoms. The number of rotatable bonds is 7. The number of hydrogen-bond donors (Lipinski definition) is 2. The second kappa shape index (κ2) is 9.99. The molecule has 0 aliphatic heterocycles. The Labute approximate surface area is 177 Å². The topological polar surface area (TPSA) is 85.2 Å². The van der Waals surface area contributed by atoms with Gasteiger partial charge < -0.3 is 9.30 Å². The van der Waals surface area contributed by atoms with Gasteiger partial charge in [0.05, 0.1) is 5.75 Å². The lowest BCUT2D eigenvalue weighted by Gasteiger charge is -2.09. The molecule has 2 amide bonds. The Kier molecular flexibility index (Phi) is 7.15. The third-order valence-electron chi connectivity index (χ3n) is 3.90. The standard InChI is InChI=1S/C20H19ClN4O3S/c1-25-11-10-22-18(25)12-28-16-6-2-14(3-7-16)20(27)24-23-19(26)13-29-17-8-4-15(21)5-9-17/h2-11H,12-13H2,1H3,(H,23,26)(H,24,27). The van der Waals surface area contributed by atoms with Gasteiger partial charge in [-0.3, -0.25) is 20.4 Å². The predicted molar refractivity (Wildman–Crippen MR) is 112 cm³/mol. The van der Waals surface area contributed by atoms with Gasteiger partial charge >= 0.3 is 0 Å². The summed E-state index contributed by atoms with van der Waals surface area (Å²) < 4.78 is 7.52. The summed E-state index contributed by atoms with van der Waals surface area (Å²) >= 11 is 7.17. The molecular formula is C20H19ClN4O3S. The Morgan fingerprint density at radius 1 is 1.10 bits per heavy atom. The first-order valence-electron chi connectivity index (χ1n) is 8.68. The summed E-state index contributed by atoms with van der Waals surface area (Å²) in [5.74, 6) is 0.861. The zero-order chi connectivity index (χ0) is 20.6. The van der Waals surface area contributed by atoms with Crippen molar-refractivity contribution in [1.82, 2.24) is 20.4 Å². The average Bonchev–Trinajstić information content (AvgIpc) is 3.15. The van der Waals surface area contributed by atoms with E-state index in [1.54, 1.807) is 42.6 Å². The van der Waals surface area contributed by atoms with Crippen LogP contribution in [0.4, 0.5) is 0 Å². The lowest BCUT2D eigenvalue weighted by Crippen LogP contribution is -2.42. The second-order valence-electron chi connectivity index (χ2n) is 6.01. The van der Waals surface area contributed by atoms with Crippen molar-refractivity contribution in [2.24, 2.45) is 7.05 Å². The normalized spacial score (nSPS) is 10.4. The number of hydrogen-bond acceptors (Lipinski definition) is 5. The van der Waals surface area contributed by atoms with E-state index in [9.17, 15) is 9.59 Å². The lowest BCUT2D eigenvalue weighted by molar-refractivity contribution is -0.119. The van der Waals surface area contributed by atoms with Crippen molar-refractivity contribution in [2.45, 2.75) is 11.5 Å². The minimum Gasteiger partial charge on any atom is -0.486 e. The van der Waals surface area contributed by atoms with Crippen LogP contribution in [-0.4, -0.2) is 27.1 Å².